The molecule has 0 fully saturated rings. The first kappa shape index (κ1) is 9.52. The molecule has 74 valence electrons. The van der Waals surface area contributed by atoms with Crippen molar-refractivity contribution in [3.05, 3.63) is 24.0 Å². The van der Waals surface area contributed by atoms with E-state index in [-0.39, 0.29) is 11.7 Å². The number of halogens is 1. The lowest BCUT2D eigenvalue weighted by Gasteiger charge is -2.29. The first-order valence-corrected chi connectivity index (χ1v) is 5.11. The smallest absolute Gasteiger partial charge is 0.240 e. The molecule has 1 amide bonds. The Morgan fingerprint density at radius 1 is 1.43 bits per heavy atom. The van der Waals surface area contributed by atoms with Crippen molar-refractivity contribution in [2.24, 2.45) is 0 Å². The van der Waals surface area contributed by atoms with E-state index >= 15 is 0 Å². The zero-order chi connectivity index (χ0) is 10.3. The molecule has 1 aromatic carbocycles. The van der Waals surface area contributed by atoms with Crippen LogP contribution in [0.25, 0.3) is 0 Å². The Morgan fingerprint density at radius 3 is 2.86 bits per heavy atom. The number of fused-ring (bicyclic) bond motifs is 1. The van der Waals surface area contributed by atoms with Gasteiger partial charge in [0.05, 0.1) is 15.3 Å². The van der Waals surface area contributed by atoms with Crippen molar-refractivity contribution in [2.75, 3.05) is 5.32 Å². The van der Waals surface area contributed by atoms with Crippen LogP contribution in [-0.4, -0.2) is 10.7 Å². The number of nitrogens with one attached hydrogen (secondary N) is 1. The fraction of sp³-hybridized carbons (Fsp3) is 0.300. The van der Waals surface area contributed by atoms with E-state index in [1.54, 1.807) is 26.0 Å². The molecule has 1 aromatic rings. The molecule has 2 rings (SSSR count). The summed E-state index contributed by atoms with van der Waals surface area (Å²) in [6.07, 6.45) is 0. The summed E-state index contributed by atoms with van der Waals surface area (Å²) in [5, 5.41) is 2.69. The minimum Gasteiger partial charge on any atom is -0.324 e. The molecule has 1 heterocycles. The molecule has 0 atom stereocenters. The van der Waals surface area contributed by atoms with Gasteiger partial charge >= 0.3 is 0 Å². The number of carbonyl (C=O) groups is 1. The Balaban J connectivity index is 2.51. The summed E-state index contributed by atoms with van der Waals surface area (Å²) in [5.74, 6) is -0.360. The average Bonchev–Trinajstić information content (AvgIpc) is 2.09. The Bertz CT molecular complexity index is 403. The average molecular weight is 211 g/mol. The van der Waals surface area contributed by atoms with Gasteiger partial charge in [-0.25, -0.2) is 4.39 Å². The van der Waals surface area contributed by atoms with Crippen molar-refractivity contribution >= 4 is 23.4 Å². The molecular formula is C10H10FNOS. The lowest BCUT2D eigenvalue weighted by molar-refractivity contribution is -0.117. The highest BCUT2D eigenvalue weighted by molar-refractivity contribution is 8.01. The van der Waals surface area contributed by atoms with Gasteiger partial charge < -0.3 is 5.32 Å². The number of thioether (sulfide) groups is 1. The van der Waals surface area contributed by atoms with Crippen molar-refractivity contribution < 1.29 is 9.18 Å². The van der Waals surface area contributed by atoms with Crippen LogP contribution >= 0.6 is 11.8 Å². The highest BCUT2D eigenvalue weighted by Crippen LogP contribution is 2.43. The Hall–Kier alpha value is -1.03. The van der Waals surface area contributed by atoms with Gasteiger partial charge in [0, 0.05) is 0 Å². The summed E-state index contributed by atoms with van der Waals surface area (Å²) in [6, 6.07) is 4.70. The number of hydrogen-bond acceptors (Lipinski definition) is 2. The first-order valence-electron chi connectivity index (χ1n) is 4.30. The van der Waals surface area contributed by atoms with Crippen LogP contribution in [0.4, 0.5) is 10.1 Å². The molecule has 2 nitrogen and oxygen atoms in total. The van der Waals surface area contributed by atoms with E-state index in [1.165, 1.54) is 17.8 Å². The number of carbonyl (C=O) groups excluding carboxylic acids is 1. The Kier molecular flexibility index (Phi) is 2.03. The van der Waals surface area contributed by atoms with E-state index in [2.05, 4.69) is 5.32 Å². The third kappa shape index (κ3) is 1.39. The summed E-state index contributed by atoms with van der Waals surface area (Å²) in [6.45, 7) is 3.56. The highest BCUT2D eigenvalue weighted by atomic mass is 32.2. The van der Waals surface area contributed by atoms with Gasteiger partial charge in [-0.1, -0.05) is 6.07 Å². The van der Waals surface area contributed by atoms with Crippen LogP contribution in [0.2, 0.25) is 0 Å². The number of hydrogen-bond donors (Lipinski definition) is 1. The molecule has 1 aliphatic rings. The predicted molar refractivity (Wildman–Crippen MR) is 55.0 cm³/mol. The standard InChI is InChI=1S/C10H10FNOS/c1-10(2)9(13)12-7-5-3-4-6(11)8(7)14-10/h3-5H,1-2H3,(H,12,13). The molecule has 0 unspecified atom stereocenters. The molecule has 14 heavy (non-hydrogen) atoms. The van der Waals surface area contributed by atoms with Gasteiger partial charge in [0.25, 0.3) is 0 Å². The SMILES string of the molecule is CC1(C)Sc2c(F)cccc2NC1=O. The summed E-state index contributed by atoms with van der Waals surface area (Å²) in [5.41, 5.74) is 0.569. The molecule has 0 aliphatic carbocycles. The van der Waals surface area contributed by atoms with Crippen LogP contribution in [0.1, 0.15) is 13.8 Å². The second kappa shape index (κ2) is 2.98. The number of benzene rings is 1. The second-order valence-electron chi connectivity index (χ2n) is 3.68. The van der Waals surface area contributed by atoms with Gasteiger partial charge in [0.1, 0.15) is 5.82 Å². The van der Waals surface area contributed by atoms with E-state index in [0.717, 1.165) is 0 Å². The molecule has 0 aromatic heterocycles. The third-order valence-corrected chi connectivity index (χ3v) is 3.43. The molecule has 4 heteroatoms. The lowest BCUT2D eigenvalue weighted by atomic mass is 10.1. The molecular weight excluding hydrogens is 201 g/mol. The van der Waals surface area contributed by atoms with Crippen LogP contribution in [0.3, 0.4) is 0 Å². The minimum absolute atomic E-state index is 0.0828. The normalized spacial score (nSPS) is 18.6. The Morgan fingerprint density at radius 2 is 2.14 bits per heavy atom. The summed E-state index contributed by atoms with van der Waals surface area (Å²) < 4.78 is 12.8. The highest BCUT2D eigenvalue weighted by Gasteiger charge is 2.35. The van der Waals surface area contributed by atoms with Crippen molar-refractivity contribution in [2.45, 2.75) is 23.5 Å². The summed E-state index contributed by atoms with van der Waals surface area (Å²) in [7, 11) is 0. The van der Waals surface area contributed by atoms with Gasteiger partial charge in [-0.05, 0) is 26.0 Å². The maximum absolute atomic E-state index is 13.4. The van der Waals surface area contributed by atoms with Crippen molar-refractivity contribution in [3.63, 3.8) is 0 Å². The maximum Gasteiger partial charge on any atom is 0.240 e. The maximum atomic E-state index is 13.4. The zero-order valence-corrected chi connectivity index (χ0v) is 8.74. The third-order valence-electron chi connectivity index (χ3n) is 2.12. The predicted octanol–water partition coefficient (Wildman–Crippen LogP) is 2.65. The molecule has 0 bridgehead atoms. The van der Waals surface area contributed by atoms with E-state index < -0.39 is 4.75 Å². The van der Waals surface area contributed by atoms with E-state index in [1.807, 2.05) is 0 Å². The number of amides is 1. The van der Waals surface area contributed by atoms with Crippen LogP contribution in [0.5, 0.6) is 0 Å². The lowest BCUT2D eigenvalue weighted by Crippen LogP contribution is -2.37. The fourth-order valence-corrected chi connectivity index (χ4v) is 2.33. The second-order valence-corrected chi connectivity index (χ2v) is 5.32. The van der Waals surface area contributed by atoms with Crippen molar-refractivity contribution in [3.8, 4) is 0 Å². The largest absolute Gasteiger partial charge is 0.324 e. The van der Waals surface area contributed by atoms with Gasteiger partial charge in [-0.2, -0.15) is 0 Å². The van der Waals surface area contributed by atoms with Gasteiger partial charge in [0.2, 0.25) is 5.91 Å². The monoisotopic (exact) mass is 211 g/mol. The molecule has 0 saturated carbocycles. The van der Waals surface area contributed by atoms with E-state index in [4.69, 9.17) is 0 Å². The molecule has 0 saturated heterocycles. The molecule has 1 N–H and O–H groups in total. The van der Waals surface area contributed by atoms with Gasteiger partial charge in [-0.15, -0.1) is 11.8 Å². The Labute approximate surface area is 85.9 Å². The van der Waals surface area contributed by atoms with Crippen LogP contribution in [0, 0.1) is 5.82 Å². The van der Waals surface area contributed by atoms with Crippen molar-refractivity contribution in [1.82, 2.24) is 0 Å². The quantitative estimate of drug-likeness (QED) is 0.714. The van der Waals surface area contributed by atoms with Gasteiger partial charge in [-0.3, -0.25) is 4.79 Å². The number of rotatable bonds is 0. The van der Waals surface area contributed by atoms with Crippen molar-refractivity contribution in [1.29, 1.82) is 0 Å². The summed E-state index contributed by atoms with van der Waals surface area (Å²) >= 11 is 1.26. The van der Waals surface area contributed by atoms with Crippen LogP contribution in [-0.2, 0) is 4.79 Å². The minimum atomic E-state index is -0.602. The zero-order valence-electron chi connectivity index (χ0n) is 7.93. The molecule has 1 aliphatic heterocycles. The van der Waals surface area contributed by atoms with Crippen LogP contribution < -0.4 is 5.32 Å². The van der Waals surface area contributed by atoms with Gasteiger partial charge in [0.15, 0.2) is 0 Å². The number of anilines is 1. The topological polar surface area (TPSA) is 29.1 Å². The molecule has 0 spiro atoms. The first-order chi connectivity index (χ1) is 6.50. The summed E-state index contributed by atoms with van der Waals surface area (Å²) in [4.78, 5) is 12.1. The van der Waals surface area contributed by atoms with E-state index in [9.17, 15) is 9.18 Å². The van der Waals surface area contributed by atoms with E-state index in [0.29, 0.717) is 10.6 Å². The fourth-order valence-electron chi connectivity index (χ4n) is 1.29. The molecule has 0 radical (unpaired) electrons. The van der Waals surface area contributed by atoms with Crippen LogP contribution in [0.15, 0.2) is 23.1 Å².